The molecule has 2 aromatic heterocycles. The lowest BCUT2D eigenvalue weighted by molar-refractivity contribution is 0.759. The Hall–Kier alpha value is -5.60. The van der Waals surface area contributed by atoms with Gasteiger partial charge in [0.1, 0.15) is 5.65 Å². The molecule has 0 unspecified atom stereocenters. The molecule has 0 bridgehead atoms. The smallest absolute Gasteiger partial charge is 0.304 e. The van der Waals surface area contributed by atoms with Crippen molar-refractivity contribution in [3.63, 3.8) is 0 Å². The van der Waals surface area contributed by atoms with Crippen LogP contribution in [0.4, 0.5) is 17.1 Å². The first-order valence-electron chi connectivity index (χ1n) is 15.0. The molecule has 0 fully saturated rings. The second-order valence-corrected chi connectivity index (χ2v) is 12.4. The number of nitrogens with zero attached hydrogens (tertiary/aromatic N) is 4. The molecule has 44 heavy (non-hydrogen) atoms. The topological polar surface area (TPSA) is 25.4 Å². The van der Waals surface area contributed by atoms with Crippen molar-refractivity contribution in [1.29, 1.82) is 0 Å². The minimum Gasteiger partial charge on any atom is -0.380 e. The number of para-hydroxylation sites is 2. The number of hydrogen-bond acceptors (Lipinski definition) is 2. The van der Waals surface area contributed by atoms with Gasteiger partial charge in [0.2, 0.25) is 0 Å². The van der Waals surface area contributed by atoms with Crippen molar-refractivity contribution in [3.05, 3.63) is 145 Å². The molecule has 9 rings (SSSR count). The molecule has 5 aromatic carbocycles. The maximum atomic E-state index is 7.98. The summed E-state index contributed by atoms with van der Waals surface area (Å²) in [7, 11) is 0. The molecular weight excluding hydrogens is 535 g/mol. The summed E-state index contributed by atoms with van der Waals surface area (Å²) >= 11 is 0. The summed E-state index contributed by atoms with van der Waals surface area (Å²) in [6.07, 6.45) is 1.84. The Morgan fingerprint density at radius 1 is 0.705 bits per heavy atom. The summed E-state index contributed by atoms with van der Waals surface area (Å²) in [5.41, 5.74) is 13.5. The molecule has 0 saturated carbocycles. The summed E-state index contributed by atoms with van der Waals surface area (Å²) < 4.78 is 2.19. The molecule has 0 radical (unpaired) electrons. The van der Waals surface area contributed by atoms with E-state index in [9.17, 15) is 0 Å². The minimum absolute atomic E-state index is 0.147. The third-order valence-electron chi connectivity index (χ3n) is 9.66. The molecule has 0 saturated heterocycles. The van der Waals surface area contributed by atoms with Crippen LogP contribution in [0.5, 0.6) is 0 Å². The van der Waals surface area contributed by atoms with Crippen LogP contribution in [0.15, 0.2) is 128 Å². The van der Waals surface area contributed by atoms with Crippen LogP contribution in [0.2, 0.25) is 0 Å². The SMILES string of the molecule is [C-]#[N+]c1cc(-c2ccc3c(c2)C(C)(C)B2c4ccccc4-c4ccccc4N23)cc(-n2c3ccccc3c3cccnc32)c1. The van der Waals surface area contributed by atoms with Crippen LogP contribution in [0.25, 0.3) is 54.7 Å². The first-order chi connectivity index (χ1) is 21.5. The number of fused-ring (bicyclic) bond motifs is 11. The highest BCUT2D eigenvalue weighted by molar-refractivity contribution is 6.84. The highest BCUT2D eigenvalue weighted by atomic mass is 15.1. The third kappa shape index (κ3) is 3.31. The molecule has 0 aliphatic carbocycles. The fraction of sp³-hybridized carbons (Fsp3) is 0.0769. The van der Waals surface area contributed by atoms with E-state index >= 15 is 0 Å². The number of aromatic nitrogens is 2. The number of benzene rings is 5. The zero-order valence-electron chi connectivity index (χ0n) is 24.5. The molecule has 0 spiro atoms. The first kappa shape index (κ1) is 25.0. The van der Waals surface area contributed by atoms with Crippen molar-refractivity contribution < 1.29 is 0 Å². The minimum atomic E-state index is -0.147. The normalized spacial score (nSPS) is 14.2. The van der Waals surface area contributed by atoms with E-state index in [2.05, 4.69) is 131 Å². The Bertz CT molecular complexity index is 2310. The van der Waals surface area contributed by atoms with Crippen molar-refractivity contribution in [2.24, 2.45) is 0 Å². The quantitative estimate of drug-likeness (QED) is 0.155. The lowest BCUT2D eigenvalue weighted by Gasteiger charge is -2.38. The maximum Gasteiger partial charge on any atom is 0.304 e. The van der Waals surface area contributed by atoms with Gasteiger partial charge in [0, 0.05) is 39.6 Å². The van der Waals surface area contributed by atoms with Crippen LogP contribution < -0.4 is 10.3 Å². The molecule has 7 aromatic rings. The Morgan fingerprint density at radius 2 is 1.48 bits per heavy atom. The molecule has 5 heteroatoms. The Balaban J connectivity index is 1.24. The van der Waals surface area contributed by atoms with Gasteiger partial charge in [0.05, 0.1) is 12.1 Å². The molecule has 4 nitrogen and oxygen atoms in total. The van der Waals surface area contributed by atoms with Crippen molar-refractivity contribution in [2.45, 2.75) is 19.2 Å². The molecule has 0 amide bonds. The maximum absolute atomic E-state index is 7.98. The summed E-state index contributed by atoms with van der Waals surface area (Å²) in [5, 5.41) is 2.11. The van der Waals surface area contributed by atoms with Gasteiger partial charge in [0.15, 0.2) is 5.69 Å². The van der Waals surface area contributed by atoms with E-state index in [0.29, 0.717) is 5.69 Å². The van der Waals surface area contributed by atoms with E-state index in [1.54, 1.807) is 0 Å². The highest BCUT2D eigenvalue weighted by Crippen LogP contribution is 2.52. The second-order valence-electron chi connectivity index (χ2n) is 12.4. The largest absolute Gasteiger partial charge is 0.380 e. The average molecular weight is 562 g/mol. The number of rotatable bonds is 2. The van der Waals surface area contributed by atoms with Gasteiger partial charge >= 0.3 is 6.85 Å². The average Bonchev–Trinajstić information content (AvgIpc) is 3.53. The van der Waals surface area contributed by atoms with Gasteiger partial charge in [-0.15, -0.1) is 0 Å². The molecular formula is C39H27BN4. The van der Waals surface area contributed by atoms with Crippen molar-refractivity contribution in [3.8, 4) is 27.9 Å². The van der Waals surface area contributed by atoms with E-state index in [1.165, 1.54) is 33.5 Å². The summed E-state index contributed by atoms with van der Waals surface area (Å²) in [6.45, 7) is 12.9. The van der Waals surface area contributed by atoms with Crippen LogP contribution in [-0.4, -0.2) is 16.4 Å². The summed E-state index contributed by atoms with van der Waals surface area (Å²) in [5.74, 6) is 0. The van der Waals surface area contributed by atoms with Gasteiger partial charge in [-0.2, -0.15) is 0 Å². The fourth-order valence-electron chi connectivity index (χ4n) is 7.75. The second kappa shape index (κ2) is 8.95. The van der Waals surface area contributed by atoms with Crippen molar-refractivity contribution in [2.75, 3.05) is 4.81 Å². The van der Waals surface area contributed by atoms with Crippen LogP contribution >= 0.6 is 0 Å². The third-order valence-corrected chi connectivity index (χ3v) is 9.66. The van der Waals surface area contributed by atoms with Crippen LogP contribution in [0, 0.1) is 6.57 Å². The molecule has 0 atom stereocenters. The Kier molecular flexibility index (Phi) is 5.08. The van der Waals surface area contributed by atoms with E-state index in [0.717, 1.165) is 38.8 Å². The predicted octanol–water partition coefficient (Wildman–Crippen LogP) is 9.24. The lowest BCUT2D eigenvalue weighted by atomic mass is 9.37. The Labute approximate surface area is 256 Å². The van der Waals surface area contributed by atoms with Gasteiger partial charge in [-0.25, -0.2) is 9.83 Å². The van der Waals surface area contributed by atoms with E-state index < -0.39 is 0 Å². The van der Waals surface area contributed by atoms with Crippen molar-refractivity contribution >= 4 is 51.3 Å². The predicted molar refractivity (Wildman–Crippen MR) is 183 cm³/mol. The van der Waals surface area contributed by atoms with Crippen LogP contribution in [-0.2, 0) is 5.31 Å². The molecule has 2 aliphatic rings. The number of pyridine rings is 1. The molecule has 4 heterocycles. The summed E-state index contributed by atoms with van der Waals surface area (Å²) in [4.78, 5) is 11.2. The van der Waals surface area contributed by atoms with Gasteiger partial charge in [-0.05, 0) is 87.6 Å². The molecule has 206 valence electrons. The highest BCUT2D eigenvalue weighted by Gasteiger charge is 2.52. The lowest BCUT2D eigenvalue weighted by Crippen LogP contribution is -2.55. The summed E-state index contributed by atoms with van der Waals surface area (Å²) in [6, 6.07) is 43.2. The van der Waals surface area contributed by atoms with E-state index in [4.69, 9.17) is 11.6 Å². The van der Waals surface area contributed by atoms with Crippen LogP contribution in [0.1, 0.15) is 19.4 Å². The standard InChI is InChI=1S/C39H27BN4/c1-39(2)33-23-25(18-19-37(33)44-36-17-9-6-12-30(36)29-11-4-7-15-34(29)40(39)44)26-21-27(41-3)24-28(22-26)43-35-16-8-5-13-31(35)32-14-10-20-42-38(32)43/h4-24H,1-2H3. The first-order valence-corrected chi connectivity index (χ1v) is 15.0. The molecule has 2 aliphatic heterocycles. The van der Waals surface area contributed by atoms with E-state index in [-0.39, 0.29) is 12.2 Å². The number of anilines is 2. The zero-order valence-corrected chi connectivity index (χ0v) is 24.5. The van der Waals surface area contributed by atoms with Gasteiger partial charge in [-0.1, -0.05) is 80.6 Å². The zero-order chi connectivity index (χ0) is 29.6. The number of hydrogen-bond donors (Lipinski definition) is 0. The van der Waals surface area contributed by atoms with Crippen LogP contribution in [0.3, 0.4) is 0 Å². The van der Waals surface area contributed by atoms with Gasteiger partial charge < -0.3 is 4.81 Å². The van der Waals surface area contributed by atoms with E-state index in [1.807, 2.05) is 24.4 Å². The van der Waals surface area contributed by atoms with Gasteiger partial charge in [0.25, 0.3) is 0 Å². The fourth-order valence-corrected chi connectivity index (χ4v) is 7.75. The monoisotopic (exact) mass is 562 g/mol. The Morgan fingerprint density at radius 3 is 2.36 bits per heavy atom. The van der Waals surface area contributed by atoms with Crippen molar-refractivity contribution in [1.82, 2.24) is 9.55 Å². The van der Waals surface area contributed by atoms with Gasteiger partial charge in [-0.3, -0.25) is 4.57 Å². The molecule has 0 N–H and O–H groups in total.